The maximum Gasteiger partial charge on any atom is 0.175 e. The Kier molecular flexibility index (Phi) is 8.45. The first-order valence-corrected chi connectivity index (χ1v) is 11.8. The second-order valence-corrected chi connectivity index (χ2v) is 9.56. The third kappa shape index (κ3) is 6.00. The van der Waals surface area contributed by atoms with Crippen molar-refractivity contribution in [2.45, 2.75) is 70.0 Å². The molecule has 2 rings (SSSR count). The van der Waals surface area contributed by atoms with Crippen molar-refractivity contribution < 1.29 is 27.4 Å². The van der Waals surface area contributed by atoms with Crippen LogP contribution in [0, 0.1) is 5.92 Å². The number of methoxy groups -OCH3 is 1. The highest BCUT2D eigenvalue weighted by Gasteiger charge is 2.27. The van der Waals surface area contributed by atoms with E-state index in [1.165, 1.54) is 19.2 Å². The summed E-state index contributed by atoms with van der Waals surface area (Å²) in [4.78, 5) is 13.0. The zero-order valence-electron chi connectivity index (χ0n) is 16.9. The number of Topliss-reactive ketones (excluding diaryl/α,β-unsaturated/α-hetero) is 1. The van der Waals surface area contributed by atoms with E-state index in [-0.39, 0.29) is 33.8 Å². The molecule has 1 aromatic carbocycles. The van der Waals surface area contributed by atoms with E-state index in [1.807, 2.05) is 0 Å². The summed E-state index contributed by atoms with van der Waals surface area (Å²) in [5.74, 6) is -0.0859. The van der Waals surface area contributed by atoms with Crippen molar-refractivity contribution in [1.82, 2.24) is 0 Å². The summed E-state index contributed by atoms with van der Waals surface area (Å²) in [6.45, 7) is 3.31. The van der Waals surface area contributed by atoms with Crippen LogP contribution < -0.4 is 0 Å². The predicted molar refractivity (Wildman–Crippen MR) is 107 cm³/mol. The minimum absolute atomic E-state index is 0.0247. The van der Waals surface area contributed by atoms with E-state index >= 15 is 0 Å². The first-order valence-electron chi connectivity index (χ1n) is 9.50. The van der Waals surface area contributed by atoms with Gasteiger partial charge in [0.1, 0.15) is 0 Å². The van der Waals surface area contributed by atoms with Crippen LogP contribution in [0.25, 0.3) is 0 Å². The van der Waals surface area contributed by atoms with E-state index in [0.717, 1.165) is 38.4 Å². The molecular weight excluding hydrogens is 404 g/mol. The fraction of sp³-hybridized carbons (Fsp3) is 0.650. The van der Waals surface area contributed by atoms with E-state index < -0.39 is 22.4 Å². The second-order valence-electron chi connectivity index (χ2n) is 7.19. The van der Waals surface area contributed by atoms with Crippen LogP contribution in [0.4, 0.5) is 0 Å². The molecule has 0 saturated heterocycles. The van der Waals surface area contributed by atoms with Gasteiger partial charge in [-0.05, 0) is 38.8 Å². The lowest BCUT2D eigenvalue weighted by atomic mass is 9.83. The number of carbonyl (C=O) groups is 1. The molecule has 0 N–H and O–H groups in total. The van der Waals surface area contributed by atoms with Crippen LogP contribution in [0.3, 0.4) is 0 Å². The molecule has 0 amide bonds. The molecule has 1 fully saturated rings. The summed E-state index contributed by atoms with van der Waals surface area (Å²) in [6, 6.07) is 2.96. The van der Waals surface area contributed by atoms with Crippen LogP contribution in [0.1, 0.15) is 61.9 Å². The topological polar surface area (TPSA) is 78.9 Å². The van der Waals surface area contributed by atoms with Gasteiger partial charge in [0.15, 0.2) is 28.2 Å². The number of benzene rings is 1. The van der Waals surface area contributed by atoms with Gasteiger partial charge in [-0.3, -0.25) is 4.79 Å². The van der Waals surface area contributed by atoms with Crippen molar-refractivity contribution in [1.29, 1.82) is 0 Å². The lowest BCUT2D eigenvalue weighted by molar-refractivity contribution is -0.227. The number of ketones is 1. The smallest absolute Gasteiger partial charge is 0.175 e. The average Bonchev–Trinajstić information content (AvgIpc) is 2.66. The zero-order chi connectivity index (χ0) is 20.9. The van der Waals surface area contributed by atoms with Crippen molar-refractivity contribution in [3.8, 4) is 0 Å². The van der Waals surface area contributed by atoms with Gasteiger partial charge in [0.2, 0.25) is 0 Å². The van der Waals surface area contributed by atoms with E-state index in [4.69, 9.17) is 25.8 Å². The number of hydrogen-bond acceptors (Lipinski definition) is 6. The molecule has 0 radical (unpaired) electrons. The molecular formula is C20H29ClO6S. The van der Waals surface area contributed by atoms with Crippen LogP contribution in [0.5, 0.6) is 0 Å². The number of rotatable bonds is 9. The fourth-order valence-corrected chi connectivity index (χ4v) is 4.72. The van der Waals surface area contributed by atoms with Crippen LogP contribution >= 0.6 is 11.6 Å². The lowest BCUT2D eigenvalue weighted by Gasteiger charge is -2.23. The number of carbonyl (C=O) groups excluding carboxylic acids is 1. The number of sulfone groups is 1. The molecule has 1 saturated carbocycles. The summed E-state index contributed by atoms with van der Waals surface area (Å²) < 4.78 is 40.5. The summed E-state index contributed by atoms with van der Waals surface area (Å²) in [5.41, 5.74) is 0.643. The van der Waals surface area contributed by atoms with Crippen molar-refractivity contribution >= 4 is 27.2 Å². The molecule has 0 aliphatic heterocycles. The SMILES string of the molecule is COC(C)OC(C)OCc1c(S(C)(=O)=O)ccc(C(=O)C2CCCCC2)c1Cl. The first-order chi connectivity index (χ1) is 13.1. The molecule has 1 aliphatic rings. The van der Waals surface area contributed by atoms with Gasteiger partial charge in [0.05, 0.1) is 16.5 Å². The van der Waals surface area contributed by atoms with Crippen molar-refractivity contribution in [3.63, 3.8) is 0 Å². The Morgan fingerprint density at radius 2 is 1.82 bits per heavy atom. The normalized spacial score (nSPS) is 18.0. The fourth-order valence-electron chi connectivity index (χ4n) is 3.43. The number of halogens is 1. The van der Waals surface area contributed by atoms with Crippen LogP contribution in [0.2, 0.25) is 5.02 Å². The minimum atomic E-state index is -3.54. The Bertz CT molecular complexity index is 786. The van der Waals surface area contributed by atoms with Gasteiger partial charge in [0.25, 0.3) is 0 Å². The standard InChI is InChI=1S/C20H29ClO6S/c1-13(25-3)27-14(2)26-12-17-18(28(4,23)24)11-10-16(19(17)21)20(22)15-8-6-5-7-9-15/h10-11,13-15H,5-9,12H2,1-4H3. The Labute approximate surface area is 172 Å². The average molecular weight is 433 g/mol. The van der Waals surface area contributed by atoms with Gasteiger partial charge in [-0.1, -0.05) is 30.9 Å². The van der Waals surface area contributed by atoms with Crippen LogP contribution in [-0.4, -0.2) is 40.1 Å². The molecule has 2 unspecified atom stereocenters. The summed E-state index contributed by atoms with van der Waals surface area (Å²) >= 11 is 6.52. The predicted octanol–water partition coefficient (Wildman–Crippen LogP) is 4.38. The van der Waals surface area contributed by atoms with Gasteiger partial charge in [-0.25, -0.2) is 8.42 Å². The van der Waals surface area contributed by atoms with Crippen LogP contribution in [0.15, 0.2) is 17.0 Å². The van der Waals surface area contributed by atoms with Gasteiger partial charge >= 0.3 is 0 Å². The summed E-state index contributed by atoms with van der Waals surface area (Å²) in [7, 11) is -2.03. The Balaban J connectivity index is 2.30. The third-order valence-electron chi connectivity index (χ3n) is 5.02. The van der Waals surface area contributed by atoms with Gasteiger partial charge < -0.3 is 14.2 Å². The molecule has 8 heteroatoms. The number of hydrogen-bond donors (Lipinski definition) is 0. The lowest BCUT2D eigenvalue weighted by Crippen LogP contribution is -2.22. The molecule has 2 atom stereocenters. The molecule has 0 spiro atoms. The molecule has 158 valence electrons. The molecule has 0 heterocycles. The highest BCUT2D eigenvalue weighted by atomic mass is 35.5. The van der Waals surface area contributed by atoms with Gasteiger partial charge in [-0.15, -0.1) is 0 Å². The highest BCUT2D eigenvalue weighted by Crippen LogP contribution is 2.34. The maximum absolute atomic E-state index is 12.9. The third-order valence-corrected chi connectivity index (χ3v) is 6.63. The molecule has 0 aromatic heterocycles. The quantitative estimate of drug-likeness (QED) is 0.425. The van der Waals surface area contributed by atoms with E-state index in [1.54, 1.807) is 13.8 Å². The molecule has 1 aromatic rings. The van der Waals surface area contributed by atoms with Gasteiger partial charge in [-0.2, -0.15) is 0 Å². The molecule has 6 nitrogen and oxygen atoms in total. The van der Waals surface area contributed by atoms with Gasteiger partial charge in [0, 0.05) is 30.4 Å². The number of ether oxygens (including phenoxy) is 3. The first kappa shape index (κ1) is 23.3. The van der Waals surface area contributed by atoms with E-state index in [9.17, 15) is 13.2 Å². The van der Waals surface area contributed by atoms with Crippen molar-refractivity contribution in [3.05, 3.63) is 28.3 Å². The Morgan fingerprint density at radius 1 is 1.18 bits per heavy atom. The van der Waals surface area contributed by atoms with E-state index in [2.05, 4.69) is 0 Å². The van der Waals surface area contributed by atoms with Crippen molar-refractivity contribution in [2.75, 3.05) is 13.4 Å². The van der Waals surface area contributed by atoms with Crippen molar-refractivity contribution in [2.24, 2.45) is 5.92 Å². The Hall–Kier alpha value is -0.990. The second kappa shape index (κ2) is 10.2. The largest absolute Gasteiger partial charge is 0.356 e. The highest BCUT2D eigenvalue weighted by molar-refractivity contribution is 7.90. The van der Waals surface area contributed by atoms with Crippen LogP contribution in [-0.2, 0) is 30.7 Å². The van der Waals surface area contributed by atoms with E-state index in [0.29, 0.717) is 5.56 Å². The Morgan fingerprint density at radius 3 is 2.39 bits per heavy atom. The maximum atomic E-state index is 12.9. The summed E-state index contributed by atoms with van der Waals surface area (Å²) in [5, 5.41) is 0.144. The molecule has 0 bridgehead atoms. The molecule has 28 heavy (non-hydrogen) atoms. The molecule has 1 aliphatic carbocycles. The monoisotopic (exact) mass is 432 g/mol. The zero-order valence-corrected chi connectivity index (χ0v) is 18.4. The minimum Gasteiger partial charge on any atom is -0.356 e. The summed E-state index contributed by atoms with van der Waals surface area (Å²) in [6.07, 6.45) is 4.87.